The molecule has 2 rings (SSSR count). The molecule has 1 heterocycles. The smallest absolute Gasteiger partial charge is 0.243 e. The monoisotopic (exact) mass is 314 g/mol. The van der Waals surface area contributed by atoms with Gasteiger partial charge >= 0.3 is 0 Å². The first kappa shape index (κ1) is 16.1. The maximum atomic E-state index is 12.7. The van der Waals surface area contributed by atoms with Gasteiger partial charge in [0.1, 0.15) is 0 Å². The summed E-state index contributed by atoms with van der Waals surface area (Å²) in [6, 6.07) is 4.73. The van der Waals surface area contributed by atoms with E-state index >= 15 is 0 Å². The summed E-state index contributed by atoms with van der Waals surface area (Å²) in [6.45, 7) is 0.961. The van der Waals surface area contributed by atoms with Crippen LogP contribution in [0.15, 0.2) is 23.1 Å². The first-order valence-corrected chi connectivity index (χ1v) is 8.41. The lowest BCUT2D eigenvalue weighted by molar-refractivity contribution is 0.353. The van der Waals surface area contributed by atoms with Gasteiger partial charge in [0.2, 0.25) is 10.0 Å². The highest BCUT2D eigenvalue weighted by atomic mass is 32.2. The van der Waals surface area contributed by atoms with E-state index < -0.39 is 10.0 Å². The first-order valence-electron chi connectivity index (χ1n) is 6.97. The molecule has 6 nitrogen and oxygen atoms in total. The Hall–Kier alpha value is -1.31. The van der Waals surface area contributed by atoms with Gasteiger partial charge in [0.25, 0.3) is 0 Å². The molecule has 1 aliphatic heterocycles. The average Bonchev–Trinajstić information content (AvgIpc) is 2.71. The number of sulfonamides is 1. The van der Waals surface area contributed by atoms with E-state index in [-0.39, 0.29) is 10.9 Å². The number of benzene rings is 1. The number of hydrogen-bond acceptors (Lipinski definition) is 5. The molecule has 0 amide bonds. The van der Waals surface area contributed by atoms with Crippen molar-refractivity contribution in [1.82, 2.24) is 4.31 Å². The van der Waals surface area contributed by atoms with E-state index in [2.05, 4.69) is 0 Å². The third-order valence-corrected chi connectivity index (χ3v) is 5.62. The number of nitrogens with zero attached hydrogens (tertiary/aromatic N) is 1. The van der Waals surface area contributed by atoms with Crippen molar-refractivity contribution >= 4 is 10.0 Å². The van der Waals surface area contributed by atoms with Crippen LogP contribution >= 0.6 is 0 Å². The maximum Gasteiger partial charge on any atom is 0.243 e. The number of methoxy groups -OCH3 is 2. The summed E-state index contributed by atoms with van der Waals surface area (Å²) in [5.41, 5.74) is 5.90. The van der Waals surface area contributed by atoms with E-state index in [9.17, 15) is 8.42 Å². The molecular weight excluding hydrogens is 292 g/mol. The van der Waals surface area contributed by atoms with Crippen LogP contribution in [0.4, 0.5) is 0 Å². The second-order valence-electron chi connectivity index (χ2n) is 5.11. The summed E-state index contributed by atoms with van der Waals surface area (Å²) < 4.78 is 37.2. The fourth-order valence-electron chi connectivity index (χ4n) is 2.46. The summed E-state index contributed by atoms with van der Waals surface area (Å²) in [6.07, 6.45) is 2.33. The zero-order valence-corrected chi connectivity index (χ0v) is 13.2. The second kappa shape index (κ2) is 6.64. The SMILES string of the molecule is COc1ccc(S(=O)(=O)N2CCCC(N)CC2)cc1OC. The zero-order valence-electron chi connectivity index (χ0n) is 12.4. The van der Waals surface area contributed by atoms with Crippen LogP contribution in [-0.2, 0) is 10.0 Å². The molecule has 1 aliphatic rings. The van der Waals surface area contributed by atoms with E-state index in [1.807, 2.05) is 0 Å². The maximum absolute atomic E-state index is 12.7. The van der Waals surface area contributed by atoms with Gasteiger partial charge in [-0.15, -0.1) is 0 Å². The molecule has 7 heteroatoms. The van der Waals surface area contributed by atoms with Crippen molar-refractivity contribution in [3.05, 3.63) is 18.2 Å². The first-order chi connectivity index (χ1) is 9.98. The van der Waals surface area contributed by atoms with Crippen molar-refractivity contribution in [3.63, 3.8) is 0 Å². The molecule has 0 aromatic heterocycles. The van der Waals surface area contributed by atoms with E-state index in [1.165, 1.54) is 24.6 Å². The van der Waals surface area contributed by atoms with Crippen LogP contribution in [0.1, 0.15) is 19.3 Å². The fourth-order valence-corrected chi connectivity index (χ4v) is 3.97. The standard InChI is InChI=1S/C14H22N2O4S/c1-19-13-6-5-12(10-14(13)20-2)21(17,18)16-8-3-4-11(15)7-9-16/h5-6,10-11H,3-4,7-9,15H2,1-2H3. The van der Waals surface area contributed by atoms with Gasteiger partial charge in [-0.2, -0.15) is 4.31 Å². The molecule has 1 unspecified atom stereocenters. The minimum atomic E-state index is -3.52. The Morgan fingerprint density at radius 2 is 1.86 bits per heavy atom. The van der Waals surface area contributed by atoms with Crippen LogP contribution < -0.4 is 15.2 Å². The molecule has 0 radical (unpaired) electrons. The number of rotatable bonds is 4. The van der Waals surface area contributed by atoms with E-state index in [1.54, 1.807) is 12.1 Å². The molecule has 0 spiro atoms. The van der Waals surface area contributed by atoms with E-state index in [0.717, 1.165) is 12.8 Å². The van der Waals surface area contributed by atoms with E-state index in [4.69, 9.17) is 15.2 Å². The van der Waals surface area contributed by atoms with Gasteiger partial charge in [-0.1, -0.05) is 0 Å². The Kier molecular flexibility index (Phi) is 5.08. The summed E-state index contributed by atoms with van der Waals surface area (Å²) in [7, 11) is -0.523. The molecule has 1 saturated heterocycles. The lowest BCUT2D eigenvalue weighted by Gasteiger charge is -2.20. The third kappa shape index (κ3) is 3.48. The van der Waals surface area contributed by atoms with Crippen molar-refractivity contribution in [2.45, 2.75) is 30.2 Å². The molecule has 0 aliphatic carbocycles. The molecule has 2 N–H and O–H groups in total. The van der Waals surface area contributed by atoms with Gasteiger partial charge in [-0.3, -0.25) is 0 Å². The lowest BCUT2D eigenvalue weighted by atomic mass is 10.1. The van der Waals surface area contributed by atoms with E-state index in [0.29, 0.717) is 31.0 Å². The molecule has 1 aromatic carbocycles. The number of hydrogen-bond donors (Lipinski definition) is 1. The van der Waals surface area contributed by atoms with Crippen LogP contribution in [0, 0.1) is 0 Å². The summed E-state index contributed by atoms with van der Waals surface area (Å²) >= 11 is 0. The lowest BCUT2D eigenvalue weighted by Crippen LogP contribution is -2.32. The Labute approximate surface area is 125 Å². The highest BCUT2D eigenvalue weighted by Crippen LogP contribution is 2.31. The molecule has 1 fully saturated rings. The average molecular weight is 314 g/mol. The largest absolute Gasteiger partial charge is 0.493 e. The quantitative estimate of drug-likeness (QED) is 0.903. The van der Waals surface area contributed by atoms with Crippen LogP contribution in [0.2, 0.25) is 0 Å². The summed E-state index contributed by atoms with van der Waals surface area (Å²) in [5.74, 6) is 0.916. The topological polar surface area (TPSA) is 81.9 Å². The van der Waals surface area contributed by atoms with Crippen molar-refractivity contribution in [2.75, 3.05) is 27.3 Å². The highest BCUT2D eigenvalue weighted by molar-refractivity contribution is 7.89. The minimum Gasteiger partial charge on any atom is -0.493 e. The Morgan fingerprint density at radius 1 is 1.14 bits per heavy atom. The predicted octanol–water partition coefficient (Wildman–Crippen LogP) is 1.21. The molecular formula is C14H22N2O4S. The van der Waals surface area contributed by atoms with Gasteiger partial charge in [0, 0.05) is 25.2 Å². The zero-order chi connectivity index (χ0) is 15.5. The minimum absolute atomic E-state index is 0.0793. The Balaban J connectivity index is 2.30. The van der Waals surface area contributed by atoms with Gasteiger partial charge < -0.3 is 15.2 Å². The number of nitrogens with two attached hydrogens (primary N) is 1. The summed E-state index contributed by atoms with van der Waals surface area (Å²) in [5, 5.41) is 0. The fraction of sp³-hybridized carbons (Fsp3) is 0.571. The Morgan fingerprint density at radius 3 is 2.52 bits per heavy atom. The molecule has 21 heavy (non-hydrogen) atoms. The van der Waals surface area contributed by atoms with Crippen LogP contribution in [0.25, 0.3) is 0 Å². The van der Waals surface area contributed by atoms with Crippen molar-refractivity contribution in [1.29, 1.82) is 0 Å². The molecule has 1 aromatic rings. The number of ether oxygens (including phenoxy) is 2. The molecule has 0 bridgehead atoms. The van der Waals surface area contributed by atoms with Gasteiger partial charge in [0.15, 0.2) is 11.5 Å². The van der Waals surface area contributed by atoms with Gasteiger partial charge in [0.05, 0.1) is 19.1 Å². The Bertz CT molecular complexity index is 589. The van der Waals surface area contributed by atoms with Crippen LogP contribution in [-0.4, -0.2) is 46.1 Å². The normalized spacial score (nSPS) is 20.8. The summed E-state index contributed by atoms with van der Waals surface area (Å²) in [4.78, 5) is 0.218. The van der Waals surface area contributed by atoms with Gasteiger partial charge in [-0.25, -0.2) is 8.42 Å². The van der Waals surface area contributed by atoms with Crippen molar-refractivity contribution in [2.24, 2.45) is 5.73 Å². The van der Waals surface area contributed by atoms with Crippen LogP contribution in [0.5, 0.6) is 11.5 Å². The van der Waals surface area contributed by atoms with Crippen molar-refractivity contribution in [3.8, 4) is 11.5 Å². The second-order valence-corrected chi connectivity index (χ2v) is 7.05. The van der Waals surface area contributed by atoms with Crippen LogP contribution in [0.3, 0.4) is 0 Å². The molecule has 0 saturated carbocycles. The van der Waals surface area contributed by atoms with Gasteiger partial charge in [-0.05, 0) is 31.4 Å². The predicted molar refractivity (Wildman–Crippen MR) is 80.1 cm³/mol. The third-order valence-electron chi connectivity index (χ3n) is 3.72. The molecule has 118 valence electrons. The molecule has 1 atom stereocenters. The highest BCUT2D eigenvalue weighted by Gasteiger charge is 2.27. The van der Waals surface area contributed by atoms with Crippen molar-refractivity contribution < 1.29 is 17.9 Å².